The number of hydrogen-bond acceptors (Lipinski definition) is 2. The Kier molecular flexibility index (Phi) is 3.34. The summed E-state index contributed by atoms with van der Waals surface area (Å²) >= 11 is 0. The number of nitriles is 1. The maximum absolute atomic E-state index is 9.97. The molecule has 4 aliphatic rings. The number of aliphatic hydroxyl groups excluding tert-OH is 1. The highest BCUT2D eigenvalue weighted by Gasteiger charge is 2.57. The van der Waals surface area contributed by atoms with Gasteiger partial charge in [0.15, 0.2) is 0 Å². The molecule has 4 rings (SSSR count). The summed E-state index contributed by atoms with van der Waals surface area (Å²) in [5.74, 6) is 4.61. The largest absolute Gasteiger partial charge is 0.393 e. The van der Waals surface area contributed by atoms with Crippen molar-refractivity contribution in [1.82, 2.24) is 0 Å². The summed E-state index contributed by atoms with van der Waals surface area (Å²) in [6.45, 7) is 2.42. The zero-order valence-corrected chi connectivity index (χ0v) is 13.3. The highest BCUT2D eigenvalue weighted by atomic mass is 16.3. The summed E-state index contributed by atoms with van der Waals surface area (Å²) in [5, 5.41) is 19.5. The molecular weight excluding hydrogens is 258 g/mol. The van der Waals surface area contributed by atoms with Crippen LogP contribution in [-0.2, 0) is 0 Å². The second-order valence-electron chi connectivity index (χ2n) is 8.71. The molecule has 0 heterocycles. The predicted molar refractivity (Wildman–Crippen MR) is 82.2 cm³/mol. The molecule has 0 aliphatic heterocycles. The van der Waals surface area contributed by atoms with Gasteiger partial charge in [-0.25, -0.2) is 0 Å². The van der Waals surface area contributed by atoms with Crippen molar-refractivity contribution in [3.05, 3.63) is 0 Å². The van der Waals surface area contributed by atoms with Crippen molar-refractivity contribution in [3.63, 3.8) is 0 Å². The summed E-state index contributed by atoms with van der Waals surface area (Å²) in [7, 11) is 0. The monoisotopic (exact) mass is 287 g/mol. The standard InChI is InChI=1S/C19H29NO/c1-19-9-8-16-15-6-4-14(21)10-12(15)2-5-17(16)18(19)7-3-13(19)11-20/h12-18,21H,2-10H2,1H3/t12-,13+,14+,15-,16?,17?,18?,19+/m0/s1. The van der Waals surface area contributed by atoms with Gasteiger partial charge in [0.05, 0.1) is 18.1 Å². The number of rotatable bonds is 0. The fourth-order valence-corrected chi connectivity index (χ4v) is 7.04. The SMILES string of the molecule is C[C@]12CCC3C(CC[C@H]4C[C@H](O)CC[C@H]34)C1CC[C@@H]2C#N. The van der Waals surface area contributed by atoms with E-state index in [9.17, 15) is 10.4 Å². The molecule has 2 heteroatoms. The Labute approximate surface area is 128 Å². The highest BCUT2D eigenvalue weighted by Crippen LogP contribution is 2.63. The van der Waals surface area contributed by atoms with Gasteiger partial charge < -0.3 is 5.11 Å². The minimum atomic E-state index is -0.0221. The van der Waals surface area contributed by atoms with Crippen molar-refractivity contribution in [2.75, 3.05) is 0 Å². The molecule has 0 aromatic rings. The molecule has 21 heavy (non-hydrogen) atoms. The summed E-state index contributed by atoms with van der Waals surface area (Å²) in [6, 6.07) is 2.63. The Morgan fingerprint density at radius 2 is 1.76 bits per heavy atom. The van der Waals surface area contributed by atoms with Gasteiger partial charge in [0.1, 0.15) is 0 Å². The molecule has 0 spiro atoms. The van der Waals surface area contributed by atoms with Crippen LogP contribution in [0.4, 0.5) is 0 Å². The lowest BCUT2D eigenvalue weighted by atomic mass is 9.50. The second-order valence-corrected chi connectivity index (χ2v) is 8.71. The smallest absolute Gasteiger partial charge is 0.0661 e. The topological polar surface area (TPSA) is 44.0 Å². The van der Waals surface area contributed by atoms with Gasteiger partial charge in [0, 0.05) is 0 Å². The van der Waals surface area contributed by atoms with E-state index in [1.165, 1.54) is 38.5 Å². The molecule has 2 nitrogen and oxygen atoms in total. The quantitative estimate of drug-likeness (QED) is 0.727. The Balaban J connectivity index is 1.57. The molecular formula is C19H29NO. The van der Waals surface area contributed by atoms with Crippen LogP contribution in [0.1, 0.15) is 64.7 Å². The van der Waals surface area contributed by atoms with E-state index in [0.717, 1.165) is 48.9 Å². The molecule has 3 unspecified atom stereocenters. The summed E-state index contributed by atoms with van der Waals surface area (Å²) in [4.78, 5) is 0. The van der Waals surface area contributed by atoms with Crippen molar-refractivity contribution in [3.8, 4) is 6.07 Å². The van der Waals surface area contributed by atoms with Crippen LogP contribution in [0.5, 0.6) is 0 Å². The first-order valence-corrected chi connectivity index (χ1v) is 9.21. The third-order valence-corrected chi connectivity index (χ3v) is 8.08. The van der Waals surface area contributed by atoms with E-state index in [4.69, 9.17) is 0 Å². The lowest BCUT2D eigenvalue weighted by molar-refractivity contribution is -0.0727. The average molecular weight is 287 g/mol. The van der Waals surface area contributed by atoms with Crippen LogP contribution >= 0.6 is 0 Å². The van der Waals surface area contributed by atoms with Gasteiger partial charge in [-0.2, -0.15) is 5.26 Å². The van der Waals surface area contributed by atoms with Crippen LogP contribution in [0.3, 0.4) is 0 Å². The molecule has 116 valence electrons. The molecule has 8 atom stereocenters. The molecule has 4 fully saturated rings. The maximum Gasteiger partial charge on any atom is 0.0661 e. The molecule has 0 amide bonds. The third kappa shape index (κ3) is 2.00. The molecule has 0 radical (unpaired) electrons. The normalized spacial score (nSPS) is 56.0. The van der Waals surface area contributed by atoms with Gasteiger partial charge in [-0.05, 0) is 92.8 Å². The first-order valence-electron chi connectivity index (χ1n) is 9.21. The maximum atomic E-state index is 9.97. The average Bonchev–Trinajstić information content (AvgIpc) is 2.83. The van der Waals surface area contributed by atoms with Crippen LogP contribution in [0, 0.1) is 52.3 Å². The minimum absolute atomic E-state index is 0.0221. The first-order chi connectivity index (χ1) is 10.1. The number of fused-ring (bicyclic) bond motifs is 5. The van der Waals surface area contributed by atoms with Crippen LogP contribution < -0.4 is 0 Å². The molecule has 0 saturated heterocycles. The van der Waals surface area contributed by atoms with Crippen molar-refractivity contribution in [2.24, 2.45) is 40.9 Å². The van der Waals surface area contributed by atoms with Crippen LogP contribution in [0.15, 0.2) is 0 Å². The van der Waals surface area contributed by atoms with Gasteiger partial charge in [0.25, 0.3) is 0 Å². The molecule has 4 aliphatic carbocycles. The fourth-order valence-electron chi connectivity index (χ4n) is 7.04. The van der Waals surface area contributed by atoms with Crippen molar-refractivity contribution >= 4 is 0 Å². The van der Waals surface area contributed by atoms with E-state index in [1.807, 2.05) is 0 Å². The number of aliphatic hydroxyl groups is 1. The second kappa shape index (κ2) is 4.98. The molecule has 0 bridgehead atoms. The van der Waals surface area contributed by atoms with Crippen molar-refractivity contribution in [1.29, 1.82) is 5.26 Å². The van der Waals surface area contributed by atoms with E-state index in [2.05, 4.69) is 13.0 Å². The number of hydrogen-bond donors (Lipinski definition) is 1. The van der Waals surface area contributed by atoms with Crippen LogP contribution in [0.2, 0.25) is 0 Å². The van der Waals surface area contributed by atoms with Gasteiger partial charge in [-0.1, -0.05) is 6.92 Å². The summed E-state index contributed by atoms with van der Waals surface area (Å²) < 4.78 is 0. The van der Waals surface area contributed by atoms with Gasteiger partial charge in [0.2, 0.25) is 0 Å². The molecule has 0 aromatic carbocycles. The zero-order valence-electron chi connectivity index (χ0n) is 13.3. The Morgan fingerprint density at radius 1 is 0.952 bits per heavy atom. The Bertz CT molecular complexity index is 455. The zero-order chi connectivity index (χ0) is 14.6. The lowest BCUT2D eigenvalue weighted by Crippen LogP contribution is -2.48. The van der Waals surface area contributed by atoms with Gasteiger partial charge in [-0.3, -0.25) is 0 Å². The van der Waals surface area contributed by atoms with E-state index < -0.39 is 0 Å². The Morgan fingerprint density at radius 3 is 2.57 bits per heavy atom. The van der Waals surface area contributed by atoms with Crippen molar-refractivity contribution < 1.29 is 5.11 Å². The number of nitrogens with zero attached hydrogens (tertiary/aromatic N) is 1. The summed E-state index contributed by atoms with van der Waals surface area (Å²) in [6.07, 6.45) is 11.1. The van der Waals surface area contributed by atoms with Crippen molar-refractivity contribution in [2.45, 2.75) is 70.8 Å². The highest BCUT2D eigenvalue weighted by molar-refractivity contribution is 5.10. The van der Waals surface area contributed by atoms with Crippen LogP contribution in [0.25, 0.3) is 0 Å². The van der Waals surface area contributed by atoms with Gasteiger partial charge >= 0.3 is 0 Å². The lowest BCUT2D eigenvalue weighted by Gasteiger charge is -2.55. The first kappa shape index (κ1) is 14.1. The van der Waals surface area contributed by atoms with Crippen LogP contribution in [-0.4, -0.2) is 11.2 Å². The molecule has 0 aromatic heterocycles. The predicted octanol–water partition coefficient (Wildman–Crippen LogP) is 4.14. The molecule has 1 N–H and O–H groups in total. The minimum Gasteiger partial charge on any atom is -0.393 e. The van der Waals surface area contributed by atoms with E-state index in [-0.39, 0.29) is 6.10 Å². The van der Waals surface area contributed by atoms with Gasteiger partial charge in [-0.15, -0.1) is 0 Å². The van der Waals surface area contributed by atoms with E-state index in [1.54, 1.807) is 0 Å². The fraction of sp³-hybridized carbons (Fsp3) is 0.947. The Hall–Kier alpha value is -0.550. The third-order valence-electron chi connectivity index (χ3n) is 8.08. The molecule has 4 saturated carbocycles. The van der Waals surface area contributed by atoms with E-state index in [0.29, 0.717) is 11.3 Å². The van der Waals surface area contributed by atoms with E-state index >= 15 is 0 Å². The summed E-state index contributed by atoms with van der Waals surface area (Å²) in [5.41, 5.74) is 0.316.